The predicted octanol–water partition coefficient (Wildman–Crippen LogP) is 3.19. The summed E-state index contributed by atoms with van der Waals surface area (Å²) in [7, 11) is 1.63. The number of hydrogen-bond acceptors (Lipinski definition) is 5. The van der Waals surface area contributed by atoms with Gasteiger partial charge in [-0.2, -0.15) is 5.10 Å². The molecule has 0 bridgehead atoms. The van der Waals surface area contributed by atoms with Gasteiger partial charge in [-0.25, -0.2) is 9.98 Å². The normalized spacial score (nSPS) is 11.5. The van der Waals surface area contributed by atoms with Crippen LogP contribution in [0.4, 0.5) is 5.82 Å². The van der Waals surface area contributed by atoms with Crippen LogP contribution in [0.2, 0.25) is 0 Å². The van der Waals surface area contributed by atoms with Gasteiger partial charge in [0.05, 0.1) is 13.3 Å². The molecule has 0 aliphatic carbocycles. The van der Waals surface area contributed by atoms with E-state index >= 15 is 0 Å². The second kappa shape index (κ2) is 8.35. The Kier molecular flexibility index (Phi) is 5.45. The summed E-state index contributed by atoms with van der Waals surface area (Å²) in [6.07, 6.45) is 5.07. The predicted molar refractivity (Wildman–Crippen MR) is 98.4 cm³/mol. The number of methoxy groups -OCH3 is 1. The van der Waals surface area contributed by atoms with Crippen molar-refractivity contribution in [3.8, 4) is 5.75 Å². The van der Waals surface area contributed by atoms with Crippen LogP contribution >= 0.6 is 0 Å². The van der Waals surface area contributed by atoms with E-state index in [1.54, 1.807) is 25.7 Å². The molecular formula is C19H17N5O. The Balaban J connectivity index is 1.86. The highest BCUT2D eigenvalue weighted by atomic mass is 16.5. The minimum Gasteiger partial charge on any atom is -0.496 e. The number of amidine groups is 1. The Hall–Kier alpha value is -3.54. The van der Waals surface area contributed by atoms with Gasteiger partial charge in [0.2, 0.25) is 0 Å². The molecule has 0 aliphatic rings. The molecule has 6 heteroatoms. The number of aromatic nitrogens is 2. The van der Waals surface area contributed by atoms with Crippen molar-refractivity contribution in [2.24, 2.45) is 10.1 Å². The fourth-order valence-corrected chi connectivity index (χ4v) is 2.11. The largest absolute Gasteiger partial charge is 0.496 e. The van der Waals surface area contributed by atoms with Crippen LogP contribution < -0.4 is 10.2 Å². The lowest BCUT2D eigenvalue weighted by Crippen LogP contribution is -2.20. The van der Waals surface area contributed by atoms with Gasteiger partial charge in [0.1, 0.15) is 11.4 Å². The molecule has 6 nitrogen and oxygen atoms in total. The van der Waals surface area contributed by atoms with Crippen molar-refractivity contribution in [3.63, 3.8) is 0 Å². The summed E-state index contributed by atoms with van der Waals surface area (Å²) in [6.45, 7) is 0. The van der Waals surface area contributed by atoms with Crippen molar-refractivity contribution in [1.82, 2.24) is 15.4 Å². The highest BCUT2D eigenvalue weighted by molar-refractivity contribution is 5.99. The third-order valence-electron chi connectivity index (χ3n) is 3.30. The molecule has 1 aromatic carbocycles. The van der Waals surface area contributed by atoms with Gasteiger partial charge in [0, 0.05) is 18.0 Å². The monoisotopic (exact) mass is 331 g/mol. The molecule has 0 radical (unpaired) electrons. The minimum atomic E-state index is 0.505. The first-order valence-corrected chi connectivity index (χ1v) is 7.70. The Morgan fingerprint density at radius 2 is 1.72 bits per heavy atom. The van der Waals surface area contributed by atoms with Gasteiger partial charge >= 0.3 is 0 Å². The van der Waals surface area contributed by atoms with Crippen LogP contribution in [0, 0.1) is 0 Å². The fourth-order valence-electron chi connectivity index (χ4n) is 2.11. The van der Waals surface area contributed by atoms with E-state index in [0.717, 1.165) is 11.3 Å². The van der Waals surface area contributed by atoms with E-state index in [1.807, 2.05) is 60.7 Å². The number of aliphatic imine (C=N–C) groups is 1. The van der Waals surface area contributed by atoms with Gasteiger partial charge in [-0.05, 0) is 36.4 Å². The third kappa shape index (κ3) is 4.48. The molecule has 0 atom stereocenters. The summed E-state index contributed by atoms with van der Waals surface area (Å²) in [5.74, 6) is 1.82. The number of hydrazone groups is 1. The van der Waals surface area contributed by atoms with Crippen LogP contribution in [0.1, 0.15) is 11.3 Å². The van der Waals surface area contributed by atoms with E-state index < -0.39 is 0 Å². The van der Waals surface area contributed by atoms with Crippen LogP contribution in [0.5, 0.6) is 5.75 Å². The van der Waals surface area contributed by atoms with E-state index in [2.05, 4.69) is 25.5 Å². The van der Waals surface area contributed by atoms with Crippen LogP contribution in [0.25, 0.3) is 0 Å². The molecule has 3 aromatic rings. The summed E-state index contributed by atoms with van der Waals surface area (Å²) < 4.78 is 5.31. The first-order chi connectivity index (χ1) is 12.4. The van der Waals surface area contributed by atoms with E-state index in [4.69, 9.17) is 4.74 Å². The smallest absolute Gasteiger partial charge is 0.174 e. The maximum Gasteiger partial charge on any atom is 0.174 e. The topological polar surface area (TPSA) is 71.8 Å². The molecule has 0 saturated carbocycles. The molecule has 3 rings (SSSR count). The molecular weight excluding hydrogens is 314 g/mol. The van der Waals surface area contributed by atoms with Crippen LogP contribution in [0.3, 0.4) is 0 Å². The maximum atomic E-state index is 5.31. The molecule has 0 unspecified atom stereocenters. The lowest BCUT2D eigenvalue weighted by atomic mass is 10.2. The van der Waals surface area contributed by atoms with E-state index in [0.29, 0.717) is 17.3 Å². The number of benzene rings is 1. The highest BCUT2D eigenvalue weighted by Gasteiger charge is 2.05. The molecule has 25 heavy (non-hydrogen) atoms. The minimum absolute atomic E-state index is 0.505. The van der Waals surface area contributed by atoms with Gasteiger partial charge in [-0.15, -0.1) is 0 Å². The molecule has 0 saturated heterocycles. The Morgan fingerprint density at radius 1 is 0.960 bits per heavy atom. The average Bonchev–Trinajstić information content (AvgIpc) is 2.69. The fraction of sp³-hybridized carbons (Fsp3) is 0.0526. The van der Waals surface area contributed by atoms with Crippen LogP contribution in [0.15, 0.2) is 83.2 Å². The van der Waals surface area contributed by atoms with Gasteiger partial charge in [-0.1, -0.05) is 24.3 Å². The molecule has 0 fully saturated rings. The molecule has 0 spiro atoms. The number of para-hydroxylation sites is 1. The lowest BCUT2D eigenvalue weighted by Gasteiger charge is -2.06. The Bertz CT molecular complexity index is 863. The molecule has 2 aromatic heterocycles. The van der Waals surface area contributed by atoms with Gasteiger partial charge in [0.25, 0.3) is 0 Å². The number of pyridine rings is 2. The van der Waals surface area contributed by atoms with Gasteiger partial charge in [-0.3, -0.25) is 10.4 Å². The second-order valence-corrected chi connectivity index (χ2v) is 4.98. The zero-order valence-electron chi connectivity index (χ0n) is 13.7. The number of ether oxygens (including phenoxy) is 1. The van der Waals surface area contributed by atoms with Crippen molar-refractivity contribution >= 4 is 17.9 Å². The Morgan fingerprint density at radius 3 is 2.44 bits per heavy atom. The number of rotatable bonds is 5. The van der Waals surface area contributed by atoms with Crippen LogP contribution in [-0.2, 0) is 0 Å². The summed E-state index contributed by atoms with van der Waals surface area (Å²) >= 11 is 0. The summed E-state index contributed by atoms with van der Waals surface area (Å²) in [5.41, 5.74) is 4.47. The first kappa shape index (κ1) is 16.3. The quantitative estimate of drug-likeness (QED) is 0.443. The number of nitrogens with one attached hydrogen (secondary N) is 1. The zero-order valence-corrected chi connectivity index (χ0v) is 13.7. The van der Waals surface area contributed by atoms with Gasteiger partial charge < -0.3 is 4.74 Å². The standard InChI is InChI=1S/C19H17N5O/c1-25-17-10-3-2-8-15(17)14-22-24-19(16-9-4-6-12-20-16)23-18-11-5-7-13-21-18/h2-14H,1H3,(H,21,23,24)/b22-14-. The average molecular weight is 331 g/mol. The van der Waals surface area contributed by atoms with Crippen molar-refractivity contribution in [2.45, 2.75) is 0 Å². The van der Waals surface area contributed by atoms with Gasteiger partial charge in [0.15, 0.2) is 11.7 Å². The highest BCUT2D eigenvalue weighted by Crippen LogP contribution is 2.14. The SMILES string of the molecule is COc1ccccc1/C=N\NC(=Nc1ccccn1)c1ccccn1. The first-order valence-electron chi connectivity index (χ1n) is 7.70. The van der Waals surface area contributed by atoms with Crippen molar-refractivity contribution < 1.29 is 4.74 Å². The van der Waals surface area contributed by atoms with E-state index in [-0.39, 0.29) is 0 Å². The summed E-state index contributed by atoms with van der Waals surface area (Å²) in [6, 6.07) is 18.7. The molecule has 1 N–H and O–H groups in total. The molecule has 124 valence electrons. The summed E-state index contributed by atoms with van der Waals surface area (Å²) in [5, 5.41) is 4.27. The number of hydrogen-bond donors (Lipinski definition) is 1. The molecule has 0 aliphatic heterocycles. The van der Waals surface area contributed by atoms with Crippen LogP contribution in [-0.4, -0.2) is 29.1 Å². The third-order valence-corrected chi connectivity index (χ3v) is 3.30. The number of nitrogens with zero attached hydrogens (tertiary/aromatic N) is 4. The van der Waals surface area contributed by atoms with Crippen molar-refractivity contribution in [2.75, 3.05) is 7.11 Å². The molecule has 0 amide bonds. The maximum absolute atomic E-state index is 5.31. The van der Waals surface area contributed by atoms with Crippen molar-refractivity contribution in [3.05, 3.63) is 84.3 Å². The Labute approximate surface area is 146 Å². The van der Waals surface area contributed by atoms with E-state index in [1.165, 1.54) is 0 Å². The summed E-state index contributed by atoms with van der Waals surface area (Å²) in [4.78, 5) is 13.0. The molecule has 2 heterocycles. The second-order valence-electron chi connectivity index (χ2n) is 4.98. The van der Waals surface area contributed by atoms with Crippen molar-refractivity contribution in [1.29, 1.82) is 0 Å². The zero-order chi connectivity index (χ0) is 17.3. The lowest BCUT2D eigenvalue weighted by molar-refractivity contribution is 0.414. The van der Waals surface area contributed by atoms with E-state index in [9.17, 15) is 0 Å².